The molecule has 2 unspecified atom stereocenters. The van der Waals surface area contributed by atoms with Gasteiger partial charge in [-0.1, -0.05) is 55.3 Å². The number of amides is 2. The van der Waals surface area contributed by atoms with E-state index >= 15 is 0 Å². The van der Waals surface area contributed by atoms with Crippen LogP contribution in [0.25, 0.3) is 0 Å². The molecule has 0 radical (unpaired) electrons. The predicted octanol–water partition coefficient (Wildman–Crippen LogP) is 3.42. The summed E-state index contributed by atoms with van der Waals surface area (Å²) in [6, 6.07) is 15.8. The van der Waals surface area contributed by atoms with Gasteiger partial charge in [-0.25, -0.2) is 5.43 Å². The molecule has 2 heterocycles. The number of unbranched alkanes of at least 4 members (excludes halogenated alkanes) is 1. The van der Waals surface area contributed by atoms with Gasteiger partial charge in [0.1, 0.15) is 18.3 Å². The quantitative estimate of drug-likeness (QED) is 0.575. The Hall–Kier alpha value is -3.32. The van der Waals surface area contributed by atoms with Crippen LogP contribution >= 0.6 is 0 Å². The Morgan fingerprint density at radius 1 is 1.12 bits per heavy atom. The van der Waals surface area contributed by atoms with Crippen LogP contribution < -0.4 is 15.5 Å². The monoisotopic (exact) mass is 448 g/mol. The zero-order valence-corrected chi connectivity index (χ0v) is 19.3. The number of nitrogens with zero attached hydrogens (tertiary/aromatic N) is 2. The maximum Gasteiger partial charge on any atom is 0.251 e. The minimum Gasteiger partial charge on any atom is -0.494 e. The number of aryl methyl sites for hydroxylation is 1. The normalized spacial score (nSPS) is 19.5. The van der Waals surface area contributed by atoms with Crippen LogP contribution in [0, 0.1) is 6.92 Å². The number of fused-ring (bicyclic) bond motifs is 1. The summed E-state index contributed by atoms with van der Waals surface area (Å²) in [6.45, 7) is 5.35. The smallest absolute Gasteiger partial charge is 0.251 e. The SMILES string of the molecule is CCCCOc1ccc(C2CC3C(=O)N(CC(=O)NCc4ccc(C)cc4)C=CN3N2)cc1. The van der Waals surface area contributed by atoms with Crippen LogP contribution in [0.15, 0.2) is 60.9 Å². The number of ether oxygens (including phenoxy) is 1. The predicted molar refractivity (Wildman–Crippen MR) is 127 cm³/mol. The zero-order valence-electron chi connectivity index (χ0n) is 19.3. The second-order valence-electron chi connectivity index (χ2n) is 8.64. The number of carbonyl (C=O) groups is 2. The van der Waals surface area contributed by atoms with Crippen molar-refractivity contribution in [1.82, 2.24) is 20.7 Å². The molecule has 174 valence electrons. The molecule has 0 aromatic heterocycles. The fourth-order valence-corrected chi connectivity index (χ4v) is 4.03. The molecule has 2 N–H and O–H groups in total. The molecular weight excluding hydrogens is 416 g/mol. The van der Waals surface area contributed by atoms with E-state index in [-0.39, 0.29) is 30.4 Å². The van der Waals surface area contributed by atoms with E-state index in [4.69, 9.17) is 4.74 Å². The molecule has 2 amide bonds. The molecule has 1 fully saturated rings. The van der Waals surface area contributed by atoms with Gasteiger partial charge in [0.15, 0.2) is 0 Å². The molecule has 0 saturated carbocycles. The van der Waals surface area contributed by atoms with Crippen LogP contribution in [0.5, 0.6) is 5.75 Å². The van der Waals surface area contributed by atoms with E-state index in [0.717, 1.165) is 36.3 Å². The lowest BCUT2D eigenvalue weighted by Gasteiger charge is -2.31. The molecule has 33 heavy (non-hydrogen) atoms. The molecule has 2 aliphatic heterocycles. The van der Waals surface area contributed by atoms with Crippen molar-refractivity contribution < 1.29 is 14.3 Å². The number of nitrogens with one attached hydrogen (secondary N) is 2. The van der Waals surface area contributed by atoms with Crippen LogP contribution in [0.3, 0.4) is 0 Å². The Morgan fingerprint density at radius 3 is 2.61 bits per heavy atom. The minimum atomic E-state index is -0.328. The number of hydrogen-bond acceptors (Lipinski definition) is 5. The van der Waals surface area contributed by atoms with Crippen LogP contribution in [-0.4, -0.2) is 40.9 Å². The summed E-state index contributed by atoms with van der Waals surface area (Å²) in [5, 5.41) is 4.74. The Bertz CT molecular complexity index is 988. The number of benzene rings is 2. The fraction of sp³-hybridized carbons (Fsp3) is 0.385. The lowest BCUT2D eigenvalue weighted by Crippen LogP contribution is -2.50. The summed E-state index contributed by atoms with van der Waals surface area (Å²) in [6.07, 6.45) is 6.29. The summed E-state index contributed by atoms with van der Waals surface area (Å²) in [7, 11) is 0. The van der Waals surface area contributed by atoms with Crippen molar-refractivity contribution in [3.63, 3.8) is 0 Å². The summed E-state index contributed by atoms with van der Waals surface area (Å²) in [5.74, 6) is 0.613. The second kappa shape index (κ2) is 10.5. The van der Waals surface area contributed by atoms with E-state index in [0.29, 0.717) is 13.0 Å². The highest BCUT2D eigenvalue weighted by atomic mass is 16.5. The molecule has 2 aromatic rings. The van der Waals surface area contributed by atoms with Gasteiger partial charge in [0.2, 0.25) is 5.91 Å². The standard InChI is InChI=1S/C26H32N4O3/c1-3-4-15-33-22-11-9-21(10-12-22)23-16-24-26(32)29(13-14-30(24)28-23)18-25(31)27-17-20-7-5-19(2)6-8-20/h5-14,23-24,28H,3-4,15-18H2,1-2H3,(H,27,31). The number of hydrogen-bond donors (Lipinski definition) is 2. The topological polar surface area (TPSA) is 73.9 Å². The second-order valence-corrected chi connectivity index (χ2v) is 8.64. The average molecular weight is 449 g/mol. The number of rotatable bonds is 9. The first-order valence-corrected chi connectivity index (χ1v) is 11.6. The molecule has 2 aromatic carbocycles. The zero-order chi connectivity index (χ0) is 23.2. The maximum absolute atomic E-state index is 13.0. The van der Waals surface area contributed by atoms with Crippen molar-refractivity contribution in [1.29, 1.82) is 0 Å². The molecule has 4 rings (SSSR count). The Kier molecular flexibility index (Phi) is 7.29. The average Bonchev–Trinajstić information content (AvgIpc) is 3.26. The van der Waals surface area contributed by atoms with Gasteiger partial charge in [0, 0.05) is 18.9 Å². The van der Waals surface area contributed by atoms with Crippen LogP contribution in [0.2, 0.25) is 0 Å². The summed E-state index contributed by atoms with van der Waals surface area (Å²) >= 11 is 0. The van der Waals surface area contributed by atoms with Crippen molar-refractivity contribution in [2.45, 2.75) is 51.7 Å². The van der Waals surface area contributed by atoms with E-state index in [2.05, 4.69) is 17.7 Å². The maximum atomic E-state index is 13.0. The molecule has 0 spiro atoms. The van der Waals surface area contributed by atoms with Gasteiger partial charge in [-0.05, 0) is 43.0 Å². The van der Waals surface area contributed by atoms with Crippen molar-refractivity contribution in [2.75, 3.05) is 13.2 Å². The van der Waals surface area contributed by atoms with E-state index in [1.807, 2.05) is 66.7 Å². The first-order valence-electron chi connectivity index (χ1n) is 11.6. The molecule has 2 aliphatic rings. The summed E-state index contributed by atoms with van der Waals surface area (Å²) < 4.78 is 5.74. The fourth-order valence-electron chi connectivity index (χ4n) is 4.03. The lowest BCUT2D eigenvalue weighted by atomic mass is 10.0. The number of carbonyl (C=O) groups excluding carboxylic acids is 2. The Morgan fingerprint density at radius 2 is 1.88 bits per heavy atom. The molecule has 2 atom stereocenters. The van der Waals surface area contributed by atoms with Gasteiger partial charge < -0.3 is 20.0 Å². The van der Waals surface area contributed by atoms with Gasteiger partial charge in [-0.15, -0.1) is 0 Å². The first-order chi connectivity index (χ1) is 16.0. The van der Waals surface area contributed by atoms with Gasteiger partial charge in [-0.2, -0.15) is 0 Å². The van der Waals surface area contributed by atoms with Gasteiger partial charge in [0.05, 0.1) is 12.6 Å². The third-order valence-corrected chi connectivity index (χ3v) is 6.05. The van der Waals surface area contributed by atoms with Crippen molar-refractivity contribution in [2.24, 2.45) is 0 Å². The highest BCUT2D eigenvalue weighted by Gasteiger charge is 2.40. The Labute approximate surface area is 195 Å². The van der Waals surface area contributed by atoms with Gasteiger partial charge in [-0.3, -0.25) is 9.59 Å². The van der Waals surface area contributed by atoms with Crippen LogP contribution in [0.4, 0.5) is 0 Å². The molecule has 0 bridgehead atoms. The third-order valence-electron chi connectivity index (χ3n) is 6.05. The molecular formula is C26H32N4O3. The van der Waals surface area contributed by atoms with E-state index in [1.54, 1.807) is 6.20 Å². The lowest BCUT2D eigenvalue weighted by molar-refractivity contribution is -0.138. The molecule has 0 aliphatic carbocycles. The summed E-state index contributed by atoms with van der Waals surface area (Å²) in [5.41, 5.74) is 6.71. The molecule has 7 nitrogen and oxygen atoms in total. The molecule has 7 heteroatoms. The van der Waals surface area contributed by atoms with Crippen molar-refractivity contribution >= 4 is 11.8 Å². The summed E-state index contributed by atoms with van der Waals surface area (Å²) in [4.78, 5) is 26.9. The first kappa shape index (κ1) is 22.9. The molecule has 1 saturated heterocycles. The minimum absolute atomic E-state index is 0.0139. The highest BCUT2D eigenvalue weighted by molar-refractivity contribution is 5.89. The van der Waals surface area contributed by atoms with Gasteiger partial charge in [0.25, 0.3) is 5.91 Å². The Balaban J connectivity index is 1.29. The van der Waals surface area contributed by atoms with E-state index in [1.165, 1.54) is 10.5 Å². The van der Waals surface area contributed by atoms with Crippen LogP contribution in [0.1, 0.15) is 48.9 Å². The van der Waals surface area contributed by atoms with Crippen molar-refractivity contribution in [3.8, 4) is 5.75 Å². The van der Waals surface area contributed by atoms with E-state index < -0.39 is 0 Å². The third kappa shape index (κ3) is 5.73. The number of hydrazine groups is 1. The van der Waals surface area contributed by atoms with Crippen LogP contribution in [-0.2, 0) is 16.1 Å². The van der Waals surface area contributed by atoms with Crippen molar-refractivity contribution in [3.05, 3.63) is 77.6 Å². The highest BCUT2D eigenvalue weighted by Crippen LogP contribution is 2.31. The largest absolute Gasteiger partial charge is 0.494 e. The van der Waals surface area contributed by atoms with Gasteiger partial charge >= 0.3 is 0 Å². The van der Waals surface area contributed by atoms with E-state index in [9.17, 15) is 9.59 Å².